The van der Waals surface area contributed by atoms with Crippen molar-refractivity contribution in [1.82, 2.24) is 5.32 Å². The first-order chi connectivity index (χ1) is 9.08. The molecule has 0 aliphatic carbocycles. The molecule has 1 heterocycles. The zero-order valence-electron chi connectivity index (χ0n) is 11.7. The number of nitrogens with two attached hydrogens (primary N) is 1. The molecule has 0 spiro atoms. The van der Waals surface area contributed by atoms with Crippen molar-refractivity contribution in [3.8, 4) is 0 Å². The van der Waals surface area contributed by atoms with Gasteiger partial charge in [0, 0.05) is 23.3 Å². The number of rotatable bonds is 5. The molecular weight excluding hydrogens is 238 g/mol. The minimum absolute atomic E-state index is 0.369. The van der Waals surface area contributed by atoms with Crippen LogP contribution in [0.5, 0.6) is 0 Å². The van der Waals surface area contributed by atoms with Crippen molar-refractivity contribution in [2.75, 3.05) is 11.9 Å². The maximum atomic E-state index is 11.3. The molecule has 104 valence electrons. The van der Waals surface area contributed by atoms with Crippen LogP contribution in [0.2, 0.25) is 0 Å². The maximum absolute atomic E-state index is 11.3. The third-order valence-electron chi connectivity index (χ3n) is 3.80. The van der Waals surface area contributed by atoms with E-state index in [1.54, 1.807) is 6.07 Å². The molecule has 4 N–H and O–H groups in total. The van der Waals surface area contributed by atoms with Crippen molar-refractivity contribution in [1.29, 1.82) is 0 Å². The zero-order chi connectivity index (χ0) is 13.8. The quantitative estimate of drug-likeness (QED) is 0.760. The molecule has 1 aliphatic rings. The standard InChI is InChI=1S/C15H23N3O/c1-10(9-12-5-4-8-17-12)18-14-7-3-6-13(11(14)2)15(16)19/h3,6-7,10,12,17-18H,4-5,8-9H2,1-2H3,(H2,16,19). The molecule has 1 saturated heterocycles. The van der Waals surface area contributed by atoms with Crippen molar-refractivity contribution in [2.45, 2.75) is 45.2 Å². The van der Waals surface area contributed by atoms with Crippen molar-refractivity contribution < 1.29 is 4.79 Å². The Kier molecular flexibility index (Phi) is 4.43. The fourth-order valence-corrected chi connectivity index (χ4v) is 2.77. The second-order valence-electron chi connectivity index (χ2n) is 5.42. The van der Waals surface area contributed by atoms with Crippen molar-refractivity contribution in [3.63, 3.8) is 0 Å². The lowest BCUT2D eigenvalue weighted by Gasteiger charge is -2.21. The van der Waals surface area contributed by atoms with Crippen molar-refractivity contribution in [2.24, 2.45) is 5.73 Å². The van der Waals surface area contributed by atoms with Gasteiger partial charge in [-0.1, -0.05) is 6.07 Å². The molecule has 2 unspecified atom stereocenters. The summed E-state index contributed by atoms with van der Waals surface area (Å²) in [4.78, 5) is 11.3. The Morgan fingerprint density at radius 3 is 3.00 bits per heavy atom. The van der Waals surface area contributed by atoms with E-state index in [1.807, 2.05) is 19.1 Å². The molecule has 4 heteroatoms. The number of hydrogen-bond acceptors (Lipinski definition) is 3. The Hall–Kier alpha value is -1.55. The SMILES string of the molecule is Cc1c(NC(C)CC2CCCN2)cccc1C(N)=O. The van der Waals surface area contributed by atoms with Crippen LogP contribution in [-0.4, -0.2) is 24.5 Å². The fraction of sp³-hybridized carbons (Fsp3) is 0.533. The summed E-state index contributed by atoms with van der Waals surface area (Å²) in [5.41, 5.74) is 7.90. The molecule has 0 radical (unpaired) electrons. The second-order valence-corrected chi connectivity index (χ2v) is 5.42. The fourth-order valence-electron chi connectivity index (χ4n) is 2.77. The number of hydrogen-bond donors (Lipinski definition) is 3. The topological polar surface area (TPSA) is 67.2 Å². The van der Waals surface area contributed by atoms with Crippen LogP contribution in [-0.2, 0) is 0 Å². The Morgan fingerprint density at radius 2 is 2.37 bits per heavy atom. The molecule has 4 nitrogen and oxygen atoms in total. The lowest BCUT2D eigenvalue weighted by atomic mass is 10.0. The molecule has 2 atom stereocenters. The van der Waals surface area contributed by atoms with E-state index in [2.05, 4.69) is 17.6 Å². The Morgan fingerprint density at radius 1 is 1.58 bits per heavy atom. The van der Waals surface area contributed by atoms with E-state index in [-0.39, 0.29) is 5.91 Å². The molecule has 1 fully saturated rings. The van der Waals surface area contributed by atoms with Crippen LogP contribution in [0, 0.1) is 6.92 Å². The molecular formula is C15H23N3O. The summed E-state index contributed by atoms with van der Waals surface area (Å²) in [7, 11) is 0. The summed E-state index contributed by atoms with van der Waals surface area (Å²) in [5.74, 6) is -0.369. The van der Waals surface area contributed by atoms with Gasteiger partial charge < -0.3 is 16.4 Å². The summed E-state index contributed by atoms with van der Waals surface area (Å²) in [6, 6.07) is 6.63. The van der Waals surface area contributed by atoms with E-state index in [0.29, 0.717) is 17.6 Å². The van der Waals surface area contributed by atoms with Crippen molar-refractivity contribution in [3.05, 3.63) is 29.3 Å². The molecule has 1 amide bonds. The van der Waals surface area contributed by atoms with Gasteiger partial charge in [0.15, 0.2) is 0 Å². The first kappa shape index (κ1) is 13.9. The summed E-state index contributed by atoms with van der Waals surface area (Å²) < 4.78 is 0. The molecule has 1 aromatic rings. The highest BCUT2D eigenvalue weighted by molar-refractivity contribution is 5.95. The predicted molar refractivity (Wildman–Crippen MR) is 78.4 cm³/mol. The summed E-state index contributed by atoms with van der Waals surface area (Å²) in [6.07, 6.45) is 3.63. The van der Waals surface area contributed by atoms with E-state index >= 15 is 0 Å². The summed E-state index contributed by atoms with van der Waals surface area (Å²) >= 11 is 0. The van der Waals surface area contributed by atoms with Crippen LogP contribution < -0.4 is 16.4 Å². The Bertz CT molecular complexity index is 453. The average molecular weight is 261 g/mol. The van der Waals surface area contributed by atoms with Crippen LogP contribution in [0.15, 0.2) is 18.2 Å². The van der Waals surface area contributed by atoms with E-state index in [9.17, 15) is 4.79 Å². The highest BCUT2D eigenvalue weighted by Crippen LogP contribution is 2.21. The van der Waals surface area contributed by atoms with E-state index in [4.69, 9.17) is 5.73 Å². The van der Waals surface area contributed by atoms with E-state index < -0.39 is 0 Å². The second kappa shape index (κ2) is 6.06. The van der Waals surface area contributed by atoms with Gasteiger partial charge in [0.2, 0.25) is 5.91 Å². The van der Waals surface area contributed by atoms with E-state index in [1.165, 1.54) is 12.8 Å². The van der Waals surface area contributed by atoms with Crippen LogP contribution >= 0.6 is 0 Å². The van der Waals surface area contributed by atoms with Gasteiger partial charge >= 0.3 is 0 Å². The van der Waals surface area contributed by atoms with Crippen LogP contribution in [0.25, 0.3) is 0 Å². The number of carbonyl (C=O) groups excluding carboxylic acids is 1. The number of anilines is 1. The largest absolute Gasteiger partial charge is 0.382 e. The molecule has 1 aromatic carbocycles. The normalized spacial score (nSPS) is 20.2. The molecule has 2 rings (SSSR count). The van der Waals surface area contributed by atoms with Gasteiger partial charge in [-0.05, 0) is 57.4 Å². The average Bonchev–Trinajstić information content (AvgIpc) is 2.84. The summed E-state index contributed by atoms with van der Waals surface area (Å²) in [6.45, 7) is 5.24. The lowest BCUT2D eigenvalue weighted by molar-refractivity contribution is 0.1000. The van der Waals surface area contributed by atoms with Crippen LogP contribution in [0.3, 0.4) is 0 Å². The summed E-state index contributed by atoms with van der Waals surface area (Å²) in [5, 5.41) is 6.99. The Labute approximate surface area is 114 Å². The number of nitrogens with one attached hydrogen (secondary N) is 2. The molecule has 1 aliphatic heterocycles. The zero-order valence-corrected chi connectivity index (χ0v) is 11.7. The smallest absolute Gasteiger partial charge is 0.249 e. The number of amides is 1. The third kappa shape index (κ3) is 3.47. The molecule has 19 heavy (non-hydrogen) atoms. The van der Waals surface area contributed by atoms with Gasteiger partial charge in [-0.25, -0.2) is 0 Å². The number of carbonyl (C=O) groups is 1. The molecule has 0 saturated carbocycles. The predicted octanol–water partition coefficient (Wildman–Crippen LogP) is 2.04. The first-order valence-corrected chi connectivity index (χ1v) is 6.97. The van der Waals surface area contributed by atoms with Gasteiger partial charge in [-0.15, -0.1) is 0 Å². The maximum Gasteiger partial charge on any atom is 0.249 e. The van der Waals surface area contributed by atoms with Gasteiger partial charge in [0.05, 0.1) is 0 Å². The molecule has 0 bridgehead atoms. The number of primary amides is 1. The van der Waals surface area contributed by atoms with Gasteiger partial charge in [-0.3, -0.25) is 4.79 Å². The first-order valence-electron chi connectivity index (χ1n) is 6.97. The highest BCUT2D eigenvalue weighted by atomic mass is 16.1. The third-order valence-corrected chi connectivity index (χ3v) is 3.80. The lowest BCUT2D eigenvalue weighted by Crippen LogP contribution is -2.29. The number of benzene rings is 1. The van der Waals surface area contributed by atoms with Gasteiger partial charge in [0.25, 0.3) is 0 Å². The van der Waals surface area contributed by atoms with Gasteiger partial charge in [-0.2, -0.15) is 0 Å². The highest BCUT2D eigenvalue weighted by Gasteiger charge is 2.17. The minimum Gasteiger partial charge on any atom is -0.382 e. The van der Waals surface area contributed by atoms with E-state index in [0.717, 1.165) is 24.2 Å². The van der Waals surface area contributed by atoms with Crippen LogP contribution in [0.1, 0.15) is 42.1 Å². The van der Waals surface area contributed by atoms with Crippen molar-refractivity contribution >= 4 is 11.6 Å². The Balaban J connectivity index is 2.01. The van der Waals surface area contributed by atoms with Crippen LogP contribution in [0.4, 0.5) is 5.69 Å². The monoisotopic (exact) mass is 261 g/mol. The molecule has 0 aromatic heterocycles. The minimum atomic E-state index is -0.369. The van der Waals surface area contributed by atoms with Gasteiger partial charge in [0.1, 0.15) is 0 Å².